The molecule has 0 aromatic carbocycles. The van der Waals surface area contributed by atoms with Gasteiger partial charge in [0.25, 0.3) is 0 Å². The van der Waals surface area contributed by atoms with Gasteiger partial charge in [-0.3, -0.25) is 4.79 Å². The predicted octanol–water partition coefficient (Wildman–Crippen LogP) is 1.48. The lowest BCUT2D eigenvalue weighted by Gasteiger charge is -2.16. The largest absolute Gasteiger partial charge is 0.283 e. The Morgan fingerprint density at radius 3 is 2.77 bits per heavy atom. The third-order valence-electron chi connectivity index (χ3n) is 1.93. The number of allylic oxidation sites excluding steroid dienone is 1. The molecule has 2 aliphatic heterocycles. The second-order valence-electron chi connectivity index (χ2n) is 2.74. The van der Waals surface area contributed by atoms with E-state index in [1.54, 1.807) is 0 Å². The minimum atomic E-state index is -0.0429. The molecule has 1 aromatic heterocycles. The van der Waals surface area contributed by atoms with Crippen molar-refractivity contribution in [2.75, 3.05) is 0 Å². The van der Waals surface area contributed by atoms with Crippen molar-refractivity contribution in [3.8, 4) is 0 Å². The molecule has 0 fully saturated rings. The van der Waals surface area contributed by atoms with Gasteiger partial charge in [0.05, 0.1) is 5.69 Å². The Labute approximate surface area is 81.3 Å². The van der Waals surface area contributed by atoms with Crippen molar-refractivity contribution in [1.29, 1.82) is 0 Å². The normalized spacial score (nSPS) is 13.5. The molecule has 1 aromatic rings. The van der Waals surface area contributed by atoms with Crippen molar-refractivity contribution >= 4 is 24.5 Å². The van der Waals surface area contributed by atoms with Crippen LogP contribution in [-0.2, 0) is 5.75 Å². The van der Waals surface area contributed by atoms with Crippen LogP contribution in [0.4, 0.5) is 0 Å². The number of hydrogen-bond acceptors (Lipinski definition) is 4. The second kappa shape index (κ2) is 2.96. The summed E-state index contributed by atoms with van der Waals surface area (Å²) in [5.41, 5.74) is 2.19. The molecule has 2 aliphatic rings. The summed E-state index contributed by atoms with van der Waals surface area (Å²) in [6, 6.07) is 0. The third-order valence-corrected chi connectivity index (χ3v) is 2.23. The molecule has 3 heterocycles. The molecule has 0 saturated heterocycles. The zero-order valence-corrected chi connectivity index (χ0v) is 8.01. The molecule has 0 radical (unpaired) electrons. The summed E-state index contributed by atoms with van der Waals surface area (Å²) in [5, 5.41) is 0. The Balaban J connectivity index is 2.60. The van der Waals surface area contributed by atoms with E-state index in [9.17, 15) is 4.79 Å². The Bertz CT molecular complexity index is 412. The van der Waals surface area contributed by atoms with Crippen molar-refractivity contribution < 1.29 is 4.79 Å². The predicted molar refractivity (Wildman–Crippen MR) is 52.9 cm³/mol. The maximum Gasteiger partial charge on any atom is 0.249 e. The van der Waals surface area contributed by atoms with Crippen LogP contribution in [0.15, 0.2) is 6.08 Å². The van der Waals surface area contributed by atoms with Crippen molar-refractivity contribution in [3.63, 3.8) is 0 Å². The monoisotopic (exact) mass is 192 g/mol. The fourth-order valence-corrected chi connectivity index (χ4v) is 1.55. The first-order valence-electron chi connectivity index (χ1n) is 3.97. The maximum absolute atomic E-state index is 11.2. The van der Waals surface area contributed by atoms with Gasteiger partial charge in [-0.25, -0.2) is 9.97 Å². The molecule has 3 rings (SSSR count). The van der Waals surface area contributed by atoms with Crippen molar-refractivity contribution in [3.05, 3.63) is 28.9 Å². The van der Waals surface area contributed by atoms with Gasteiger partial charge in [0.15, 0.2) is 0 Å². The van der Waals surface area contributed by atoms with Gasteiger partial charge in [-0.2, -0.15) is 12.6 Å². The Morgan fingerprint density at radius 1 is 1.46 bits per heavy atom. The van der Waals surface area contributed by atoms with Gasteiger partial charge in [0.2, 0.25) is 11.6 Å². The first kappa shape index (κ1) is 8.44. The lowest BCUT2D eigenvalue weighted by atomic mass is 10.0. The molecule has 3 nitrogen and oxygen atoms in total. The van der Waals surface area contributed by atoms with Crippen LogP contribution in [-0.4, -0.2) is 15.8 Å². The highest BCUT2D eigenvalue weighted by molar-refractivity contribution is 7.79. The maximum atomic E-state index is 11.2. The molecular formula is C9H8N2OS. The van der Waals surface area contributed by atoms with E-state index in [1.165, 1.54) is 0 Å². The number of ketones is 1. The molecule has 0 unspecified atom stereocenters. The zero-order chi connectivity index (χ0) is 9.42. The van der Waals surface area contributed by atoms with E-state index in [-0.39, 0.29) is 5.78 Å². The van der Waals surface area contributed by atoms with Gasteiger partial charge < -0.3 is 0 Å². The fraction of sp³-hybridized carbons (Fsp3) is 0.222. The van der Waals surface area contributed by atoms with E-state index in [2.05, 4.69) is 22.6 Å². The highest BCUT2D eigenvalue weighted by atomic mass is 32.1. The quantitative estimate of drug-likeness (QED) is 0.733. The Morgan fingerprint density at radius 2 is 2.23 bits per heavy atom. The average Bonchev–Trinajstić information content (AvgIpc) is 2.17. The van der Waals surface area contributed by atoms with Crippen LogP contribution in [0.1, 0.15) is 34.5 Å². The van der Waals surface area contributed by atoms with E-state index >= 15 is 0 Å². The molecule has 0 aliphatic carbocycles. The molecule has 0 atom stereocenters. The van der Waals surface area contributed by atoms with Crippen molar-refractivity contribution in [2.24, 2.45) is 0 Å². The summed E-state index contributed by atoms with van der Waals surface area (Å²) in [7, 11) is 0. The van der Waals surface area contributed by atoms with Gasteiger partial charge in [-0.1, -0.05) is 12.2 Å². The van der Waals surface area contributed by atoms with Crippen LogP contribution < -0.4 is 0 Å². The van der Waals surface area contributed by atoms with E-state index < -0.39 is 0 Å². The number of thiol groups is 1. The smallest absolute Gasteiger partial charge is 0.249 e. The van der Waals surface area contributed by atoms with Gasteiger partial charge in [-0.05, 0) is 6.92 Å². The highest BCUT2D eigenvalue weighted by Crippen LogP contribution is 2.24. The van der Waals surface area contributed by atoms with Gasteiger partial charge in [0, 0.05) is 11.3 Å². The van der Waals surface area contributed by atoms with E-state index in [1.807, 2.05) is 19.1 Å². The molecular weight excluding hydrogens is 184 g/mol. The summed E-state index contributed by atoms with van der Waals surface area (Å²) in [6.45, 7) is 1.89. The van der Waals surface area contributed by atoms with Crippen molar-refractivity contribution in [1.82, 2.24) is 9.97 Å². The first-order valence-corrected chi connectivity index (χ1v) is 4.60. The standard InChI is InChI=1S/C9H8N2OS/c1-2-3-5-6(4-13)10-9-8(12)7(5)11-9/h2-3,13H,4H2,1H3/b3-2+. The van der Waals surface area contributed by atoms with Crippen LogP contribution in [0.3, 0.4) is 0 Å². The number of fused-ring (bicyclic) bond motifs is 2. The fourth-order valence-electron chi connectivity index (χ4n) is 1.31. The van der Waals surface area contributed by atoms with Crippen LogP contribution in [0, 0.1) is 0 Å². The van der Waals surface area contributed by atoms with Gasteiger partial charge >= 0.3 is 0 Å². The SMILES string of the molecule is C/C=C/c1c(CS)nc2nc1C2=O. The first-order chi connectivity index (χ1) is 6.27. The molecule has 0 spiro atoms. The lowest BCUT2D eigenvalue weighted by molar-refractivity contribution is 0.0994. The number of aromatic nitrogens is 2. The summed E-state index contributed by atoms with van der Waals surface area (Å²) in [6.07, 6.45) is 3.72. The van der Waals surface area contributed by atoms with Crippen LogP contribution in [0.5, 0.6) is 0 Å². The van der Waals surface area contributed by atoms with Crippen LogP contribution in [0.2, 0.25) is 0 Å². The number of carbonyl (C=O) groups excluding carboxylic acids is 1. The van der Waals surface area contributed by atoms with Gasteiger partial charge in [-0.15, -0.1) is 0 Å². The molecule has 2 bridgehead atoms. The lowest BCUT2D eigenvalue weighted by Crippen LogP contribution is -2.25. The minimum Gasteiger partial charge on any atom is -0.283 e. The Kier molecular flexibility index (Phi) is 1.92. The van der Waals surface area contributed by atoms with Crippen LogP contribution >= 0.6 is 12.6 Å². The second-order valence-corrected chi connectivity index (χ2v) is 3.06. The summed E-state index contributed by atoms with van der Waals surface area (Å²) >= 11 is 4.14. The number of hydrogen-bond donors (Lipinski definition) is 1. The molecule has 0 N–H and O–H groups in total. The Hall–Kier alpha value is -1.16. The number of carbonyl (C=O) groups is 1. The van der Waals surface area contributed by atoms with Gasteiger partial charge in [0.1, 0.15) is 5.69 Å². The van der Waals surface area contributed by atoms with E-state index in [0.29, 0.717) is 17.3 Å². The minimum absolute atomic E-state index is 0.0429. The zero-order valence-electron chi connectivity index (χ0n) is 7.11. The number of rotatable bonds is 2. The molecule has 4 heteroatoms. The van der Waals surface area contributed by atoms with E-state index in [4.69, 9.17) is 0 Å². The number of nitrogens with zero attached hydrogens (tertiary/aromatic N) is 2. The van der Waals surface area contributed by atoms with Crippen LogP contribution in [0.25, 0.3) is 6.08 Å². The molecule has 0 amide bonds. The van der Waals surface area contributed by atoms with Crippen molar-refractivity contribution in [2.45, 2.75) is 12.7 Å². The molecule has 13 heavy (non-hydrogen) atoms. The molecule has 0 saturated carbocycles. The summed E-state index contributed by atoms with van der Waals surface area (Å²) in [4.78, 5) is 19.3. The topological polar surface area (TPSA) is 42.9 Å². The van der Waals surface area contributed by atoms with E-state index in [0.717, 1.165) is 11.3 Å². The average molecular weight is 192 g/mol. The summed E-state index contributed by atoms with van der Waals surface area (Å²) < 4.78 is 0. The molecule has 66 valence electrons. The third kappa shape index (κ3) is 1.09. The summed E-state index contributed by atoms with van der Waals surface area (Å²) in [5.74, 6) is 0.820. The highest BCUT2D eigenvalue weighted by Gasteiger charge is 2.30.